The highest BCUT2D eigenvalue weighted by atomic mass is 16.9. The van der Waals surface area contributed by atoms with Crippen molar-refractivity contribution in [3.63, 3.8) is 0 Å². The zero-order valence-corrected chi connectivity index (χ0v) is 14.4. The fourth-order valence-corrected chi connectivity index (χ4v) is 4.30. The highest BCUT2D eigenvalue weighted by molar-refractivity contribution is 6.21. The van der Waals surface area contributed by atoms with E-state index in [4.69, 9.17) is 14.4 Å². The molecule has 4 heterocycles. The second kappa shape index (κ2) is 6.02. The number of nitrogens with one attached hydrogen (secondary N) is 2. The second-order valence-electron chi connectivity index (χ2n) is 7.31. The minimum atomic E-state index is -0.662. The molecule has 0 radical (unpaired) electrons. The number of rotatable bonds is 1. The number of amides is 2. The highest BCUT2D eigenvalue weighted by Gasteiger charge is 2.44. The third-order valence-electron chi connectivity index (χ3n) is 5.79. The van der Waals surface area contributed by atoms with Crippen molar-refractivity contribution in [3.8, 4) is 5.75 Å². The van der Waals surface area contributed by atoms with Gasteiger partial charge in [-0.25, -0.2) is 4.90 Å². The van der Waals surface area contributed by atoms with Gasteiger partial charge >= 0.3 is 0 Å². The third kappa shape index (κ3) is 2.44. The summed E-state index contributed by atoms with van der Waals surface area (Å²) in [4.78, 5) is 36.9. The summed E-state index contributed by atoms with van der Waals surface area (Å²) in [5.74, 6) is 0.0876. The van der Waals surface area contributed by atoms with Crippen LogP contribution in [-0.4, -0.2) is 48.2 Å². The molecule has 1 aromatic rings. The Morgan fingerprint density at radius 2 is 1.85 bits per heavy atom. The number of aryl methyl sites for hydroxylation is 1. The first-order valence-corrected chi connectivity index (χ1v) is 9.14. The Morgan fingerprint density at radius 1 is 1.08 bits per heavy atom. The largest absolute Gasteiger partial charge is 0.487 e. The van der Waals surface area contributed by atoms with Gasteiger partial charge in [0.15, 0.2) is 6.23 Å². The molecule has 2 N–H and O–H groups in total. The number of piperidine rings is 1. The molecular formula is C18H21N3O5. The predicted octanol–water partition coefficient (Wildman–Crippen LogP) is 0.912. The SMILES string of the molecule is O=C1c2cc3c(cc2C(=O)N1C1CCONO1)OC1(CCNCC1)CC3. The molecule has 1 atom stereocenters. The van der Waals surface area contributed by atoms with E-state index in [9.17, 15) is 9.59 Å². The van der Waals surface area contributed by atoms with Gasteiger partial charge in [-0.05, 0) is 56.5 Å². The van der Waals surface area contributed by atoms with Crippen LogP contribution in [0.2, 0.25) is 0 Å². The number of ether oxygens (including phenoxy) is 1. The molecule has 0 bridgehead atoms. The minimum Gasteiger partial charge on any atom is -0.487 e. The van der Waals surface area contributed by atoms with Crippen LogP contribution in [0, 0.1) is 0 Å². The average molecular weight is 359 g/mol. The molecule has 0 aliphatic carbocycles. The smallest absolute Gasteiger partial charge is 0.263 e. The zero-order chi connectivity index (χ0) is 17.7. The Labute approximate surface area is 150 Å². The number of carbonyl (C=O) groups excluding carboxylic acids is 2. The third-order valence-corrected chi connectivity index (χ3v) is 5.79. The number of hydrogen-bond acceptors (Lipinski definition) is 7. The average Bonchev–Trinajstić information content (AvgIpc) is 2.91. The van der Waals surface area contributed by atoms with Crippen molar-refractivity contribution in [2.24, 2.45) is 0 Å². The normalized spacial score (nSPS) is 27.2. The Balaban J connectivity index is 1.47. The van der Waals surface area contributed by atoms with E-state index in [1.165, 1.54) is 4.90 Å². The van der Waals surface area contributed by atoms with Crippen LogP contribution in [0.4, 0.5) is 0 Å². The number of nitrogens with zero attached hydrogens (tertiary/aromatic N) is 1. The number of imide groups is 1. The maximum atomic E-state index is 12.9. The number of hydrogen-bond donors (Lipinski definition) is 2. The topological polar surface area (TPSA) is 89.1 Å². The summed E-state index contributed by atoms with van der Waals surface area (Å²) in [6.07, 6.45) is 3.50. The Morgan fingerprint density at radius 3 is 2.58 bits per heavy atom. The second-order valence-corrected chi connectivity index (χ2v) is 7.31. The molecule has 5 rings (SSSR count). The Bertz CT molecular complexity index is 768. The predicted molar refractivity (Wildman–Crippen MR) is 89.3 cm³/mol. The molecular weight excluding hydrogens is 338 g/mol. The van der Waals surface area contributed by atoms with E-state index in [2.05, 4.69) is 11.0 Å². The quantitative estimate of drug-likeness (QED) is 0.721. The first-order valence-electron chi connectivity index (χ1n) is 9.14. The maximum Gasteiger partial charge on any atom is 0.263 e. The lowest BCUT2D eigenvalue weighted by molar-refractivity contribution is -0.259. The van der Waals surface area contributed by atoms with Gasteiger partial charge in [-0.2, -0.15) is 0 Å². The summed E-state index contributed by atoms with van der Waals surface area (Å²) in [6, 6.07) is 3.58. The highest BCUT2D eigenvalue weighted by Crippen LogP contribution is 2.41. The number of benzene rings is 1. The van der Waals surface area contributed by atoms with E-state index in [1.54, 1.807) is 6.07 Å². The molecule has 4 aliphatic rings. The molecule has 8 heteroatoms. The lowest BCUT2D eigenvalue weighted by Crippen LogP contribution is -2.48. The van der Waals surface area contributed by atoms with Crippen molar-refractivity contribution < 1.29 is 24.0 Å². The van der Waals surface area contributed by atoms with Gasteiger partial charge in [0.05, 0.1) is 17.7 Å². The van der Waals surface area contributed by atoms with E-state index < -0.39 is 6.23 Å². The zero-order valence-electron chi connectivity index (χ0n) is 14.4. The van der Waals surface area contributed by atoms with Gasteiger partial charge in [-0.15, -0.1) is 0 Å². The van der Waals surface area contributed by atoms with Crippen molar-refractivity contribution >= 4 is 11.8 Å². The standard InChI is InChI=1S/C18H21N3O5/c22-16-12-9-11-1-3-18(4-6-19-7-5-18)25-14(11)10-13(12)17(23)21(16)15-2-8-24-20-26-15/h9-10,15,19-20H,1-8H2. The fourth-order valence-electron chi connectivity index (χ4n) is 4.30. The summed E-state index contributed by atoms with van der Waals surface area (Å²) >= 11 is 0. The van der Waals surface area contributed by atoms with Crippen LogP contribution in [0.1, 0.15) is 52.0 Å². The van der Waals surface area contributed by atoms with Crippen LogP contribution >= 0.6 is 0 Å². The molecule has 2 saturated heterocycles. The molecule has 1 aromatic carbocycles. The summed E-state index contributed by atoms with van der Waals surface area (Å²) < 4.78 is 6.36. The molecule has 0 aromatic heterocycles. The van der Waals surface area contributed by atoms with Crippen molar-refractivity contribution in [1.82, 2.24) is 15.9 Å². The Hall–Kier alpha value is -2.00. The van der Waals surface area contributed by atoms with E-state index >= 15 is 0 Å². The van der Waals surface area contributed by atoms with Crippen molar-refractivity contribution in [1.29, 1.82) is 0 Å². The van der Waals surface area contributed by atoms with Gasteiger partial charge in [-0.3, -0.25) is 19.3 Å². The van der Waals surface area contributed by atoms with Crippen molar-refractivity contribution in [3.05, 3.63) is 28.8 Å². The van der Waals surface area contributed by atoms with E-state index in [0.717, 1.165) is 50.1 Å². The summed E-state index contributed by atoms with van der Waals surface area (Å²) in [5.41, 5.74) is 3.99. The molecule has 2 amide bonds. The van der Waals surface area contributed by atoms with E-state index in [-0.39, 0.29) is 17.4 Å². The summed E-state index contributed by atoms with van der Waals surface area (Å²) in [6.45, 7) is 2.26. The molecule has 138 valence electrons. The molecule has 1 spiro atoms. The van der Waals surface area contributed by atoms with Crippen LogP contribution in [-0.2, 0) is 16.1 Å². The van der Waals surface area contributed by atoms with Crippen LogP contribution < -0.4 is 15.7 Å². The van der Waals surface area contributed by atoms with Gasteiger partial charge in [0.25, 0.3) is 11.8 Å². The van der Waals surface area contributed by atoms with Gasteiger partial charge in [0, 0.05) is 6.42 Å². The fraction of sp³-hybridized carbons (Fsp3) is 0.556. The first kappa shape index (κ1) is 16.2. The van der Waals surface area contributed by atoms with Gasteiger partial charge in [0.1, 0.15) is 11.4 Å². The summed E-state index contributed by atoms with van der Waals surface area (Å²) in [5, 5.41) is 3.36. The van der Waals surface area contributed by atoms with Crippen LogP contribution in [0.15, 0.2) is 12.1 Å². The van der Waals surface area contributed by atoms with Crippen LogP contribution in [0.3, 0.4) is 0 Å². The van der Waals surface area contributed by atoms with Crippen molar-refractivity contribution in [2.45, 2.75) is 43.9 Å². The lowest BCUT2D eigenvalue weighted by atomic mass is 9.83. The summed E-state index contributed by atoms with van der Waals surface area (Å²) in [7, 11) is 0. The molecule has 0 saturated carbocycles. The number of carbonyl (C=O) groups is 2. The van der Waals surface area contributed by atoms with Crippen molar-refractivity contribution in [2.75, 3.05) is 19.7 Å². The molecule has 2 fully saturated rings. The van der Waals surface area contributed by atoms with E-state index in [0.29, 0.717) is 24.2 Å². The van der Waals surface area contributed by atoms with Crippen LogP contribution in [0.5, 0.6) is 5.75 Å². The molecule has 26 heavy (non-hydrogen) atoms. The molecule has 8 nitrogen and oxygen atoms in total. The maximum absolute atomic E-state index is 12.9. The van der Waals surface area contributed by atoms with Crippen LogP contribution in [0.25, 0.3) is 0 Å². The molecule has 4 aliphatic heterocycles. The van der Waals surface area contributed by atoms with Gasteiger partial charge in [0.2, 0.25) is 0 Å². The van der Waals surface area contributed by atoms with E-state index in [1.807, 2.05) is 6.07 Å². The first-order chi connectivity index (χ1) is 12.7. The van der Waals surface area contributed by atoms with Gasteiger partial charge in [-0.1, -0.05) is 5.64 Å². The Kier molecular flexibility index (Phi) is 3.75. The monoisotopic (exact) mass is 359 g/mol. The minimum absolute atomic E-state index is 0.147. The number of fused-ring (bicyclic) bond motifs is 2. The lowest BCUT2D eigenvalue weighted by Gasteiger charge is -2.41. The molecule has 1 unspecified atom stereocenters. The van der Waals surface area contributed by atoms with Gasteiger partial charge < -0.3 is 10.1 Å².